The second-order valence-corrected chi connectivity index (χ2v) is 10.4. The summed E-state index contributed by atoms with van der Waals surface area (Å²) in [6.07, 6.45) is 6.63. The number of amides is 1. The summed E-state index contributed by atoms with van der Waals surface area (Å²) in [6, 6.07) is 17.6. The Labute approximate surface area is 212 Å². The van der Waals surface area contributed by atoms with Crippen LogP contribution in [0.25, 0.3) is 21.3 Å². The molecule has 0 saturated heterocycles. The van der Waals surface area contributed by atoms with Gasteiger partial charge in [-0.2, -0.15) is 0 Å². The molecule has 3 heterocycles. The predicted molar refractivity (Wildman–Crippen MR) is 142 cm³/mol. The van der Waals surface area contributed by atoms with Crippen molar-refractivity contribution in [3.8, 4) is 0 Å². The highest BCUT2D eigenvalue weighted by molar-refractivity contribution is 7.18. The first-order valence-corrected chi connectivity index (χ1v) is 13.2. The van der Waals surface area contributed by atoms with E-state index in [2.05, 4.69) is 15.3 Å². The summed E-state index contributed by atoms with van der Waals surface area (Å²) in [4.78, 5) is 41.1. The minimum atomic E-state index is -0.312. The molecule has 6 rings (SSSR count). The molecule has 1 aliphatic rings. The Hall–Kier alpha value is -3.78. The van der Waals surface area contributed by atoms with Crippen molar-refractivity contribution >= 4 is 38.5 Å². The molecule has 8 heteroatoms. The van der Waals surface area contributed by atoms with Crippen molar-refractivity contribution in [1.29, 1.82) is 0 Å². The zero-order valence-corrected chi connectivity index (χ0v) is 20.7. The monoisotopic (exact) mass is 497 g/mol. The molecule has 0 radical (unpaired) electrons. The molecule has 1 amide bonds. The molecule has 2 aromatic carbocycles. The third-order valence-electron chi connectivity index (χ3n) is 6.88. The van der Waals surface area contributed by atoms with Crippen LogP contribution >= 0.6 is 11.3 Å². The second-order valence-electron chi connectivity index (χ2n) is 9.33. The number of rotatable bonds is 7. The highest BCUT2D eigenvalue weighted by atomic mass is 32.1. The smallest absolute Gasteiger partial charge is 0.262 e. The van der Waals surface area contributed by atoms with Crippen LogP contribution in [0.3, 0.4) is 0 Å². The van der Waals surface area contributed by atoms with Crippen molar-refractivity contribution in [2.75, 3.05) is 0 Å². The number of aryl methyl sites for hydroxylation is 3. The Bertz CT molecular complexity index is 1570. The highest BCUT2D eigenvalue weighted by Gasteiger charge is 2.22. The van der Waals surface area contributed by atoms with E-state index in [1.807, 2.05) is 54.6 Å². The largest absolute Gasteiger partial charge is 0.346 e. The number of carbonyl (C=O) groups excluding carboxylic acids is 1. The molecule has 3 aromatic heterocycles. The number of aromatic nitrogens is 4. The zero-order valence-electron chi connectivity index (χ0n) is 19.9. The van der Waals surface area contributed by atoms with Crippen LogP contribution in [0.15, 0.2) is 65.7 Å². The number of para-hydroxylation sites is 2. The topological polar surface area (TPSA) is 92.7 Å². The van der Waals surface area contributed by atoms with Crippen LogP contribution in [0, 0.1) is 0 Å². The van der Waals surface area contributed by atoms with Crippen LogP contribution in [0.5, 0.6) is 0 Å². The van der Waals surface area contributed by atoms with E-state index in [0.717, 1.165) is 51.9 Å². The summed E-state index contributed by atoms with van der Waals surface area (Å²) in [6.45, 7) is 0.288. The summed E-state index contributed by atoms with van der Waals surface area (Å²) < 4.78 is 1.58. The number of hydrogen-bond donors (Lipinski definition) is 2. The van der Waals surface area contributed by atoms with Gasteiger partial charge >= 0.3 is 0 Å². The van der Waals surface area contributed by atoms with Gasteiger partial charge in [0.25, 0.3) is 5.56 Å². The van der Waals surface area contributed by atoms with Gasteiger partial charge in [0, 0.05) is 17.8 Å². The fraction of sp³-hybridized carbons (Fsp3) is 0.286. The van der Waals surface area contributed by atoms with Crippen molar-refractivity contribution < 1.29 is 4.79 Å². The van der Waals surface area contributed by atoms with Crippen LogP contribution < -0.4 is 10.9 Å². The van der Waals surface area contributed by atoms with Gasteiger partial charge in [-0.25, -0.2) is 9.97 Å². The van der Waals surface area contributed by atoms with Gasteiger partial charge in [0.1, 0.15) is 10.7 Å². The molecular formula is C28H27N5O2S. The maximum absolute atomic E-state index is 13.2. The van der Waals surface area contributed by atoms with Crippen LogP contribution in [0.1, 0.15) is 47.1 Å². The summed E-state index contributed by atoms with van der Waals surface area (Å²) in [5.41, 5.74) is 4.04. The minimum Gasteiger partial charge on any atom is -0.346 e. The van der Waals surface area contributed by atoms with Gasteiger partial charge in [-0.3, -0.25) is 14.2 Å². The predicted octanol–water partition coefficient (Wildman–Crippen LogP) is 4.70. The number of fused-ring (bicyclic) bond motifs is 4. The van der Waals surface area contributed by atoms with Gasteiger partial charge < -0.3 is 10.3 Å². The number of imidazole rings is 1. The third-order valence-corrected chi connectivity index (χ3v) is 8.08. The Kier molecular flexibility index (Phi) is 6.11. The Balaban J connectivity index is 1.21. The van der Waals surface area contributed by atoms with Gasteiger partial charge in [0.15, 0.2) is 0 Å². The van der Waals surface area contributed by atoms with E-state index in [1.54, 1.807) is 22.2 Å². The zero-order chi connectivity index (χ0) is 24.5. The number of benzene rings is 2. The standard InChI is InChI=1S/C28H27N5O2S/c34-24(14-15-33-17-29-27-25(28(33)35)19-10-4-7-13-23(19)36-27)30-22(16-18-8-2-1-3-9-18)26-31-20-11-5-6-12-21(20)32-26/h1-3,5-6,8-9,11-12,17,22H,4,7,10,13-16H2,(H,30,34)(H,31,32). The number of nitrogens with zero attached hydrogens (tertiary/aromatic N) is 3. The van der Waals surface area contributed by atoms with Crippen molar-refractivity contribution in [2.45, 2.75) is 51.1 Å². The first kappa shape index (κ1) is 22.7. The fourth-order valence-electron chi connectivity index (χ4n) is 5.03. The number of H-pyrrole nitrogens is 1. The number of nitrogens with one attached hydrogen (secondary N) is 2. The van der Waals surface area contributed by atoms with Gasteiger partial charge in [-0.1, -0.05) is 42.5 Å². The van der Waals surface area contributed by atoms with Gasteiger partial charge in [0.05, 0.1) is 28.8 Å². The van der Waals surface area contributed by atoms with E-state index in [0.29, 0.717) is 6.42 Å². The number of carbonyl (C=O) groups is 1. The molecular weight excluding hydrogens is 470 g/mol. The number of hydrogen-bond acceptors (Lipinski definition) is 5. The normalized spacial score (nSPS) is 14.1. The van der Waals surface area contributed by atoms with E-state index >= 15 is 0 Å². The Morgan fingerprint density at radius 3 is 2.75 bits per heavy atom. The maximum atomic E-state index is 13.2. The third kappa shape index (κ3) is 4.44. The summed E-state index contributed by atoms with van der Waals surface area (Å²) in [5.74, 6) is 0.592. The van der Waals surface area contributed by atoms with E-state index in [9.17, 15) is 9.59 Å². The van der Waals surface area contributed by atoms with Crippen LogP contribution in [0.4, 0.5) is 0 Å². The average Bonchev–Trinajstić information content (AvgIpc) is 3.50. The Morgan fingerprint density at radius 1 is 1.08 bits per heavy atom. The quantitative estimate of drug-likeness (QED) is 0.341. The van der Waals surface area contributed by atoms with Gasteiger partial charge in [-0.15, -0.1) is 11.3 Å². The molecule has 0 spiro atoms. The summed E-state index contributed by atoms with van der Waals surface area (Å²) in [7, 11) is 0. The molecule has 5 aromatic rings. The molecule has 1 unspecified atom stereocenters. The number of aromatic amines is 1. The molecule has 36 heavy (non-hydrogen) atoms. The first-order chi connectivity index (χ1) is 17.7. The molecule has 1 aliphatic carbocycles. The van der Waals surface area contributed by atoms with Crippen molar-refractivity contribution in [1.82, 2.24) is 24.8 Å². The molecule has 0 fully saturated rings. The highest BCUT2D eigenvalue weighted by Crippen LogP contribution is 2.33. The van der Waals surface area contributed by atoms with E-state index in [-0.39, 0.29) is 30.5 Å². The minimum absolute atomic E-state index is 0.0367. The van der Waals surface area contributed by atoms with Crippen molar-refractivity contribution in [3.05, 3.63) is 93.1 Å². The summed E-state index contributed by atoms with van der Waals surface area (Å²) in [5, 5.41) is 3.90. The van der Waals surface area contributed by atoms with E-state index in [1.165, 1.54) is 16.9 Å². The van der Waals surface area contributed by atoms with Crippen molar-refractivity contribution in [3.63, 3.8) is 0 Å². The van der Waals surface area contributed by atoms with Crippen LogP contribution in [-0.4, -0.2) is 25.4 Å². The SMILES string of the molecule is O=C(CCn1cnc2sc3c(c2c1=O)CCCC3)NC(Cc1ccccc1)c1nc2ccccc2[nH]1. The van der Waals surface area contributed by atoms with Gasteiger partial charge in [-0.05, 0) is 55.4 Å². The van der Waals surface area contributed by atoms with E-state index in [4.69, 9.17) is 4.98 Å². The lowest BCUT2D eigenvalue weighted by atomic mass is 9.97. The summed E-state index contributed by atoms with van der Waals surface area (Å²) >= 11 is 1.64. The van der Waals surface area contributed by atoms with Crippen LogP contribution in [-0.2, 0) is 30.6 Å². The molecule has 2 N–H and O–H groups in total. The molecule has 7 nitrogen and oxygen atoms in total. The van der Waals surface area contributed by atoms with Gasteiger partial charge in [0.2, 0.25) is 5.91 Å². The lowest BCUT2D eigenvalue weighted by Gasteiger charge is -2.17. The molecule has 0 aliphatic heterocycles. The van der Waals surface area contributed by atoms with E-state index < -0.39 is 0 Å². The maximum Gasteiger partial charge on any atom is 0.262 e. The second kappa shape index (κ2) is 9.70. The number of thiophene rings is 1. The molecule has 0 bridgehead atoms. The molecule has 182 valence electrons. The lowest BCUT2D eigenvalue weighted by Crippen LogP contribution is -2.32. The first-order valence-electron chi connectivity index (χ1n) is 12.4. The Morgan fingerprint density at radius 2 is 1.89 bits per heavy atom. The van der Waals surface area contributed by atoms with Crippen LogP contribution in [0.2, 0.25) is 0 Å². The fourth-order valence-corrected chi connectivity index (χ4v) is 6.25. The molecule has 0 saturated carbocycles. The van der Waals surface area contributed by atoms with Crippen molar-refractivity contribution in [2.24, 2.45) is 0 Å². The lowest BCUT2D eigenvalue weighted by molar-refractivity contribution is -0.122. The molecule has 1 atom stereocenters. The average molecular weight is 498 g/mol.